The Hall–Kier alpha value is -2.33. The van der Waals surface area contributed by atoms with Crippen molar-refractivity contribution in [1.82, 2.24) is 5.32 Å². The summed E-state index contributed by atoms with van der Waals surface area (Å²) in [5, 5.41) is 12.3. The fraction of sp³-hybridized carbons (Fsp3) is 0.278. The van der Waals surface area contributed by atoms with Crippen molar-refractivity contribution in [3.8, 4) is 5.75 Å². The highest BCUT2D eigenvalue weighted by atomic mass is 16.5. The van der Waals surface area contributed by atoms with Gasteiger partial charge in [-0.15, -0.1) is 0 Å². The van der Waals surface area contributed by atoms with Gasteiger partial charge < -0.3 is 15.2 Å². The monoisotopic (exact) mass is 297 g/mol. The van der Waals surface area contributed by atoms with E-state index in [1.807, 2.05) is 49.4 Å². The molecule has 0 aromatic heterocycles. The summed E-state index contributed by atoms with van der Waals surface area (Å²) in [6.45, 7) is 1.86. The van der Waals surface area contributed by atoms with Crippen LogP contribution >= 0.6 is 0 Å². The molecule has 1 unspecified atom stereocenters. The van der Waals surface area contributed by atoms with E-state index in [0.717, 1.165) is 16.7 Å². The first-order valence-corrected chi connectivity index (χ1v) is 7.34. The van der Waals surface area contributed by atoms with Crippen LogP contribution in [-0.2, 0) is 0 Å². The average Bonchev–Trinajstić information content (AvgIpc) is 2.92. The molecule has 2 aromatic rings. The molecular formula is C18H19NO3. The van der Waals surface area contributed by atoms with Crippen molar-refractivity contribution in [3.05, 3.63) is 64.7 Å². The molecule has 3 rings (SSSR count). The quantitative estimate of drug-likeness (QED) is 0.913. The molecule has 0 aliphatic carbocycles. The predicted molar refractivity (Wildman–Crippen MR) is 84.4 cm³/mol. The van der Waals surface area contributed by atoms with Crippen LogP contribution in [0.25, 0.3) is 0 Å². The van der Waals surface area contributed by atoms with E-state index in [-0.39, 0.29) is 24.5 Å². The lowest BCUT2D eigenvalue weighted by Gasteiger charge is -2.17. The Morgan fingerprint density at radius 3 is 2.64 bits per heavy atom. The Balaban J connectivity index is 2.16. The van der Waals surface area contributed by atoms with E-state index in [1.54, 1.807) is 7.05 Å². The smallest absolute Gasteiger partial charge is 0.254 e. The third-order valence-corrected chi connectivity index (χ3v) is 4.05. The van der Waals surface area contributed by atoms with Gasteiger partial charge in [-0.2, -0.15) is 0 Å². The molecule has 0 saturated heterocycles. The van der Waals surface area contributed by atoms with Crippen molar-refractivity contribution in [2.45, 2.75) is 18.9 Å². The maximum atomic E-state index is 12.1. The Bertz CT molecular complexity index is 697. The van der Waals surface area contributed by atoms with E-state index >= 15 is 0 Å². The van der Waals surface area contributed by atoms with Gasteiger partial charge in [0.15, 0.2) is 0 Å². The summed E-state index contributed by atoms with van der Waals surface area (Å²) in [6, 6.07) is 13.8. The molecule has 4 heteroatoms. The van der Waals surface area contributed by atoms with Crippen LogP contribution in [0.1, 0.15) is 33.0 Å². The summed E-state index contributed by atoms with van der Waals surface area (Å²) >= 11 is 0. The number of carbonyl (C=O) groups is 1. The lowest BCUT2D eigenvalue weighted by molar-refractivity contribution is 0.0947. The van der Waals surface area contributed by atoms with Crippen molar-refractivity contribution < 1.29 is 14.6 Å². The van der Waals surface area contributed by atoms with Gasteiger partial charge in [0.2, 0.25) is 0 Å². The molecule has 1 heterocycles. The second-order valence-electron chi connectivity index (χ2n) is 5.54. The van der Waals surface area contributed by atoms with Gasteiger partial charge in [-0.3, -0.25) is 4.79 Å². The predicted octanol–water partition coefficient (Wildman–Crippen LogP) is 2.24. The number of hydrogen-bond donors (Lipinski definition) is 2. The van der Waals surface area contributed by atoms with Crippen molar-refractivity contribution in [2.75, 3.05) is 13.7 Å². The van der Waals surface area contributed by atoms with E-state index in [2.05, 4.69) is 5.32 Å². The van der Waals surface area contributed by atoms with E-state index < -0.39 is 0 Å². The van der Waals surface area contributed by atoms with Gasteiger partial charge in [-0.25, -0.2) is 0 Å². The molecule has 2 atom stereocenters. The number of benzene rings is 2. The highest BCUT2D eigenvalue weighted by Gasteiger charge is 2.37. The highest BCUT2D eigenvalue weighted by molar-refractivity contribution is 5.97. The summed E-state index contributed by atoms with van der Waals surface area (Å²) in [5.74, 6) is 0.340. The molecule has 0 bridgehead atoms. The minimum atomic E-state index is -0.373. The average molecular weight is 297 g/mol. The number of aliphatic hydroxyl groups is 1. The van der Waals surface area contributed by atoms with Gasteiger partial charge in [0.1, 0.15) is 11.9 Å². The number of fused-ring (bicyclic) bond motifs is 1. The van der Waals surface area contributed by atoms with Crippen molar-refractivity contribution in [1.29, 1.82) is 0 Å². The van der Waals surface area contributed by atoms with Crippen LogP contribution in [0.3, 0.4) is 0 Å². The SMILES string of the molecule is CNC(=O)c1cc(C)cc2c1OC(CO)[C@H]2c1ccccc1. The molecule has 22 heavy (non-hydrogen) atoms. The second-order valence-corrected chi connectivity index (χ2v) is 5.54. The zero-order chi connectivity index (χ0) is 15.7. The van der Waals surface area contributed by atoms with Crippen LogP contribution < -0.4 is 10.1 Å². The van der Waals surface area contributed by atoms with Gasteiger partial charge in [-0.1, -0.05) is 36.4 Å². The molecule has 114 valence electrons. The third-order valence-electron chi connectivity index (χ3n) is 4.05. The van der Waals surface area contributed by atoms with Gasteiger partial charge >= 0.3 is 0 Å². The lowest BCUT2D eigenvalue weighted by Crippen LogP contribution is -2.24. The number of aliphatic hydroxyl groups excluding tert-OH is 1. The summed E-state index contributed by atoms with van der Waals surface area (Å²) < 4.78 is 5.92. The van der Waals surface area contributed by atoms with Gasteiger partial charge in [-0.05, 0) is 24.1 Å². The van der Waals surface area contributed by atoms with Crippen LogP contribution in [0, 0.1) is 6.92 Å². The first-order chi connectivity index (χ1) is 10.7. The van der Waals surface area contributed by atoms with E-state index in [1.165, 1.54) is 0 Å². The number of nitrogens with one attached hydrogen (secondary N) is 1. The molecule has 1 amide bonds. The number of aryl methyl sites for hydroxylation is 1. The molecule has 0 saturated carbocycles. The molecule has 2 aromatic carbocycles. The Morgan fingerprint density at radius 1 is 1.27 bits per heavy atom. The van der Waals surface area contributed by atoms with E-state index in [4.69, 9.17) is 4.74 Å². The van der Waals surface area contributed by atoms with Crippen LogP contribution in [0.4, 0.5) is 0 Å². The second kappa shape index (κ2) is 5.81. The van der Waals surface area contributed by atoms with Crippen LogP contribution in [0.2, 0.25) is 0 Å². The molecular weight excluding hydrogens is 278 g/mol. The first-order valence-electron chi connectivity index (χ1n) is 7.34. The van der Waals surface area contributed by atoms with E-state index in [0.29, 0.717) is 11.3 Å². The normalized spacial score (nSPS) is 19.4. The fourth-order valence-electron chi connectivity index (χ4n) is 3.08. The Labute approximate surface area is 129 Å². The van der Waals surface area contributed by atoms with Gasteiger partial charge in [0, 0.05) is 12.6 Å². The highest BCUT2D eigenvalue weighted by Crippen LogP contribution is 2.44. The van der Waals surface area contributed by atoms with Crippen molar-refractivity contribution in [2.24, 2.45) is 0 Å². The number of carbonyl (C=O) groups excluding carboxylic acids is 1. The topological polar surface area (TPSA) is 58.6 Å². The van der Waals surface area contributed by atoms with Gasteiger partial charge in [0.25, 0.3) is 5.91 Å². The largest absolute Gasteiger partial charge is 0.486 e. The molecule has 1 aliphatic rings. The number of ether oxygens (including phenoxy) is 1. The third kappa shape index (κ3) is 2.35. The van der Waals surface area contributed by atoms with Gasteiger partial charge in [0.05, 0.1) is 18.1 Å². The number of rotatable bonds is 3. The minimum Gasteiger partial charge on any atom is -0.486 e. The molecule has 4 nitrogen and oxygen atoms in total. The maximum absolute atomic E-state index is 12.1. The summed E-state index contributed by atoms with van der Waals surface area (Å²) in [5.41, 5.74) is 3.56. The molecule has 0 spiro atoms. The first kappa shape index (κ1) is 14.6. The zero-order valence-electron chi connectivity index (χ0n) is 12.7. The van der Waals surface area contributed by atoms with Crippen LogP contribution in [0.15, 0.2) is 42.5 Å². The van der Waals surface area contributed by atoms with E-state index in [9.17, 15) is 9.90 Å². The summed E-state index contributed by atoms with van der Waals surface area (Å²) in [4.78, 5) is 12.1. The zero-order valence-corrected chi connectivity index (χ0v) is 12.7. The fourth-order valence-corrected chi connectivity index (χ4v) is 3.08. The van der Waals surface area contributed by atoms with Crippen molar-refractivity contribution >= 4 is 5.91 Å². The van der Waals surface area contributed by atoms with Crippen molar-refractivity contribution in [3.63, 3.8) is 0 Å². The number of amides is 1. The molecule has 0 radical (unpaired) electrons. The standard InChI is InChI=1S/C18H19NO3/c1-11-8-13-16(12-6-4-3-5-7-12)15(10-20)22-17(13)14(9-11)18(21)19-2/h3-9,15-16,20H,10H2,1-2H3,(H,19,21)/t15?,16-/m0/s1. The minimum absolute atomic E-state index is 0.0653. The maximum Gasteiger partial charge on any atom is 0.254 e. The summed E-state index contributed by atoms with van der Waals surface area (Å²) in [7, 11) is 1.60. The Morgan fingerprint density at radius 2 is 2.00 bits per heavy atom. The van der Waals surface area contributed by atoms with Crippen LogP contribution in [0.5, 0.6) is 5.75 Å². The lowest BCUT2D eigenvalue weighted by atomic mass is 9.87. The summed E-state index contributed by atoms with van der Waals surface area (Å²) in [6.07, 6.45) is -0.373. The molecule has 2 N–H and O–H groups in total. The van der Waals surface area contributed by atoms with Crippen LogP contribution in [-0.4, -0.2) is 30.8 Å². The molecule has 0 fully saturated rings. The Kier molecular flexibility index (Phi) is 3.86. The number of hydrogen-bond acceptors (Lipinski definition) is 3. The molecule has 1 aliphatic heterocycles.